The fourth-order valence-electron chi connectivity index (χ4n) is 3.98. The van der Waals surface area contributed by atoms with Crippen LogP contribution in [0.5, 0.6) is 0 Å². The van der Waals surface area contributed by atoms with Crippen LogP contribution in [0.2, 0.25) is 0 Å². The van der Waals surface area contributed by atoms with E-state index in [1.54, 1.807) is 11.9 Å². The normalized spacial score (nSPS) is 16.8. The molecule has 0 N–H and O–H groups in total. The summed E-state index contributed by atoms with van der Waals surface area (Å²) in [6, 6.07) is 10.0. The maximum atomic E-state index is 15.0. The van der Waals surface area contributed by atoms with E-state index in [1.807, 2.05) is 54.9 Å². The van der Waals surface area contributed by atoms with Gasteiger partial charge in [0.15, 0.2) is 0 Å². The van der Waals surface area contributed by atoms with Gasteiger partial charge in [-0.25, -0.2) is 0 Å². The Morgan fingerprint density at radius 1 is 1.15 bits per heavy atom. The first-order valence-electron chi connectivity index (χ1n) is 8.95. The number of hydrogen-bond donors (Lipinski definition) is 0. The van der Waals surface area contributed by atoms with Crippen molar-refractivity contribution >= 4 is 10.9 Å². The lowest BCUT2D eigenvalue weighted by Crippen LogP contribution is -2.39. The minimum absolute atomic E-state index is 0.191. The summed E-state index contributed by atoms with van der Waals surface area (Å²) in [6.45, 7) is 4.80. The predicted molar refractivity (Wildman–Crippen MR) is 99.6 cm³/mol. The van der Waals surface area contributed by atoms with Gasteiger partial charge in [-0.2, -0.15) is 8.78 Å². The lowest BCUT2D eigenvalue weighted by molar-refractivity contribution is -0.0519. The minimum Gasteiger partial charge on any atom is -0.339 e. The van der Waals surface area contributed by atoms with Gasteiger partial charge in [0.2, 0.25) is 0 Å². The van der Waals surface area contributed by atoms with Gasteiger partial charge in [0, 0.05) is 41.4 Å². The Kier molecular flexibility index (Phi) is 4.07. The smallest absolute Gasteiger partial charge is 0.300 e. The second-order valence-corrected chi connectivity index (χ2v) is 7.43. The molecule has 1 aliphatic heterocycles. The molecule has 0 radical (unpaired) electrons. The van der Waals surface area contributed by atoms with E-state index in [1.165, 1.54) is 0 Å². The average Bonchev–Trinajstić information content (AvgIpc) is 2.87. The molecule has 3 aromatic rings. The third-order valence-corrected chi connectivity index (χ3v) is 5.16. The monoisotopic (exact) mass is 355 g/mol. The van der Waals surface area contributed by atoms with Gasteiger partial charge in [-0.1, -0.05) is 17.7 Å². The molecular weight excluding hydrogens is 332 g/mol. The highest BCUT2D eigenvalue weighted by atomic mass is 19.3. The van der Waals surface area contributed by atoms with Gasteiger partial charge in [-0.3, -0.25) is 9.88 Å². The maximum absolute atomic E-state index is 15.0. The van der Waals surface area contributed by atoms with E-state index in [-0.39, 0.29) is 12.2 Å². The van der Waals surface area contributed by atoms with Crippen molar-refractivity contribution in [1.29, 1.82) is 0 Å². The van der Waals surface area contributed by atoms with Crippen molar-refractivity contribution in [1.82, 2.24) is 14.5 Å². The van der Waals surface area contributed by atoms with Crippen molar-refractivity contribution in [2.45, 2.75) is 39.3 Å². The van der Waals surface area contributed by atoms with Crippen molar-refractivity contribution in [2.24, 2.45) is 0 Å². The standard InChI is InChI=1S/C21H23F2N3/c1-14-4-7-19-17(10-14)18-12-25(3)13-21(22,23)20(18)26(19)9-8-16-6-5-15(2)24-11-16/h4-7,10-11H,8-9,12-13H2,1-3H3. The average molecular weight is 355 g/mol. The van der Waals surface area contributed by atoms with Crippen LogP contribution < -0.4 is 0 Å². The highest BCUT2D eigenvalue weighted by Crippen LogP contribution is 2.41. The Labute approximate surface area is 152 Å². The summed E-state index contributed by atoms with van der Waals surface area (Å²) in [4.78, 5) is 6.02. The Balaban J connectivity index is 1.82. The van der Waals surface area contributed by atoms with Crippen LogP contribution in [0.15, 0.2) is 36.5 Å². The number of aryl methyl sites for hydroxylation is 4. The Hall–Kier alpha value is -2.27. The van der Waals surface area contributed by atoms with Crippen molar-refractivity contribution in [2.75, 3.05) is 13.6 Å². The third-order valence-electron chi connectivity index (χ3n) is 5.16. The van der Waals surface area contributed by atoms with E-state index in [0.717, 1.165) is 33.3 Å². The zero-order chi connectivity index (χ0) is 18.5. The summed E-state index contributed by atoms with van der Waals surface area (Å²) >= 11 is 0. The number of alkyl halides is 2. The van der Waals surface area contributed by atoms with Gasteiger partial charge < -0.3 is 4.57 Å². The van der Waals surface area contributed by atoms with E-state index in [2.05, 4.69) is 4.98 Å². The molecule has 4 rings (SSSR count). The van der Waals surface area contributed by atoms with Crippen LogP contribution in [0.25, 0.3) is 10.9 Å². The number of benzene rings is 1. The highest BCUT2D eigenvalue weighted by Gasteiger charge is 2.43. The number of rotatable bonds is 3. The molecule has 136 valence electrons. The molecule has 0 spiro atoms. The molecule has 3 heterocycles. The van der Waals surface area contributed by atoms with Gasteiger partial charge in [0.1, 0.15) is 0 Å². The Morgan fingerprint density at radius 3 is 2.69 bits per heavy atom. The minimum atomic E-state index is -2.85. The second kappa shape index (κ2) is 6.16. The third kappa shape index (κ3) is 2.90. The van der Waals surface area contributed by atoms with E-state index in [0.29, 0.717) is 19.5 Å². The second-order valence-electron chi connectivity index (χ2n) is 7.43. The van der Waals surface area contributed by atoms with Gasteiger partial charge in [-0.05, 0) is 51.1 Å². The number of pyridine rings is 1. The molecule has 0 unspecified atom stereocenters. The number of aromatic nitrogens is 2. The quantitative estimate of drug-likeness (QED) is 0.693. The first-order valence-corrected chi connectivity index (χ1v) is 8.95. The largest absolute Gasteiger partial charge is 0.339 e. The molecule has 3 nitrogen and oxygen atoms in total. The van der Waals surface area contributed by atoms with Crippen LogP contribution >= 0.6 is 0 Å². The maximum Gasteiger partial charge on any atom is 0.300 e. The predicted octanol–water partition coefficient (Wildman–Crippen LogP) is 4.43. The van der Waals surface area contributed by atoms with E-state index in [9.17, 15) is 8.78 Å². The fraction of sp³-hybridized carbons (Fsp3) is 0.381. The zero-order valence-corrected chi connectivity index (χ0v) is 15.4. The van der Waals surface area contributed by atoms with Crippen molar-refractivity contribution in [3.05, 3.63) is 64.6 Å². The van der Waals surface area contributed by atoms with Crippen LogP contribution in [0, 0.1) is 13.8 Å². The van der Waals surface area contributed by atoms with E-state index in [4.69, 9.17) is 0 Å². The topological polar surface area (TPSA) is 21.1 Å². The summed E-state index contributed by atoms with van der Waals surface area (Å²) in [7, 11) is 1.76. The molecule has 0 saturated heterocycles. The van der Waals surface area contributed by atoms with Crippen LogP contribution in [-0.4, -0.2) is 28.0 Å². The Morgan fingerprint density at radius 2 is 1.96 bits per heavy atom. The molecule has 0 atom stereocenters. The fourth-order valence-corrected chi connectivity index (χ4v) is 3.98. The van der Waals surface area contributed by atoms with Gasteiger partial charge in [0.05, 0.1) is 12.2 Å². The van der Waals surface area contributed by atoms with Crippen molar-refractivity contribution in [3.63, 3.8) is 0 Å². The van der Waals surface area contributed by atoms with Crippen molar-refractivity contribution < 1.29 is 8.78 Å². The van der Waals surface area contributed by atoms with Gasteiger partial charge in [-0.15, -0.1) is 0 Å². The molecular formula is C21H23F2N3. The molecule has 0 fully saturated rings. The van der Waals surface area contributed by atoms with E-state index < -0.39 is 5.92 Å². The number of likely N-dealkylation sites (N-methyl/N-ethyl adjacent to an activating group) is 1. The summed E-state index contributed by atoms with van der Waals surface area (Å²) in [6.07, 6.45) is 2.52. The van der Waals surface area contributed by atoms with Gasteiger partial charge >= 0.3 is 5.92 Å². The number of fused-ring (bicyclic) bond motifs is 3. The van der Waals surface area contributed by atoms with E-state index >= 15 is 0 Å². The molecule has 26 heavy (non-hydrogen) atoms. The zero-order valence-electron chi connectivity index (χ0n) is 15.4. The summed E-state index contributed by atoms with van der Waals surface area (Å²) < 4.78 is 31.7. The first-order chi connectivity index (χ1) is 12.3. The summed E-state index contributed by atoms with van der Waals surface area (Å²) in [5, 5.41) is 0.952. The molecule has 5 heteroatoms. The number of hydrogen-bond acceptors (Lipinski definition) is 2. The number of halogens is 2. The molecule has 0 aliphatic carbocycles. The van der Waals surface area contributed by atoms with Crippen LogP contribution in [0.4, 0.5) is 8.78 Å². The first kappa shape index (κ1) is 17.2. The molecule has 1 aromatic carbocycles. The van der Waals surface area contributed by atoms with Crippen LogP contribution in [0.1, 0.15) is 28.1 Å². The molecule has 0 saturated carbocycles. The SMILES string of the molecule is Cc1ccc2c(c1)c1c(n2CCc2ccc(C)nc2)C(F)(F)CN(C)C1. The summed E-state index contributed by atoms with van der Waals surface area (Å²) in [5.74, 6) is -2.85. The summed E-state index contributed by atoms with van der Waals surface area (Å²) in [5.41, 5.74) is 4.98. The Bertz CT molecular complexity index is 958. The molecule has 0 bridgehead atoms. The number of nitrogens with zero attached hydrogens (tertiary/aromatic N) is 3. The molecule has 0 amide bonds. The lowest BCUT2D eigenvalue weighted by atomic mass is 10.0. The van der Waals surface area contributed by atoms with Gasteiger partial charge in [0.25, 0.3) is 0 Å². The van der Waals surface area contributed by atoms with Crippen LogP contribution in [-0.2, 0) is 25.4 Å². The highest BCUT2D eigenvalue weighted by molar-refractivity contribution is 5.87. The molecule has 1 aliphatic rings. The molecule has 2 aromatic heterocycles. The lowest BCUT2D eigenvalue weighted by Gasteiger charge is -2.31. The van der Waals surface area contributed by atoms with Crippen LogP contribution in [0.3, 0.4) is 0 Å². The van der Waals surface area contributed by atoms with Crippen molar-refractivity contribution in [3.8, 4) is 0 Å².